The molecule has 2 rings (SSSR count). The first-order valence-corrected chi connectivity index (χ1v) is 9.38. The van der Waals surface area contributed by atoms with Crippen molar-refractivity contribution in [2.75, 3.05) is 11.9 Å². The fourth-order valence-corrected chi connectivity index (χ4v) is 2.64. The lowest BCUT2D eigenvalue weighted by molar-refractivity contribution is -0.124. The first-order valence-electron chi connectivity index (χ1n) is 9.01. The van der Waals surface area contributed by atoms with E-state index < -0.39 is 0 Å². The fourth-order valence-electron chi connectivity index (χ4n) is 2.46. The molecule has 2 aromatic rings. The van der Waals surface area contributed by atoms with E-state index in [4.69, 9.17) is 16.3 Å². The van der Waals surface area contributed by atoms with Crippen LogP contribution in [0.2, 0.25) is 5.02 Å². The molecule has 28 heavy (non-hydrogen) atoms. The van der Waals surface area contributed by atoms with Crippen LogP contribution in [0.5, 0.6) is 5.75 Å². The summed E-state index contributed by atoms with van der Waals surface area (Å²) in [5, 5.41) is 7.29. The number of rotatable bonds is 8. The van der Waals surface area contributed by atoms with E-state index in [0.717, 1.165) is 16.8 Å². The number of carbonyl (C=O) groups excluding carboxylic acids is 2. The average molecular weight is 402 g/mol. The molecule has 0 saturated carbocycles. The summed E-state index contributed by atoms with van der Waals surface area (Å²) >= 11 is 5.98. The van der Waals surface area contributed by atoms with Gasteiger partial charge in [0, 0.05) is 29.1 Å². The molecule has 0 bridgehead atoms. The van der Waals surface area contributed by atoms with Gasteiger partial charge in [0.15, 0.2) is 0 Å². The van der Waals surface area contributed by atoms with Crippen LogP contribution in [-0.2, 0) is 9.59 Å². The third kappa shape index (κ3) is 6.39. The zero-order chi connectivity index (χ0) is 20.5. The van der Waals surface area contributed by atoms with Gasteiger partial charge in [-0.3, -0.25) is 9.59 Å². The van der Waals surface area contributed by atoms with Gasteiger partial charge in [-0.05, 0) is 56.2 Å². The lowest BCUT2D eigenvalue weighted by atomic mass is 10.1. The second-order valence-corrected chi connectivity index (χ2v) is 6.64. The summed E-state index contributed by atoms with van der Waals surface area (Å²) in [7, 11) is 0. The van der Waals surface area contributed by atoms with Crippen molar-refractivity contribution >= 4 is 35.3 Å². The zero-order valence-corrected chi connectivity index (χ0v) is 17.0. The van der Waals surface area contributed by atoms with Crippen LogP contribution in [-0.4, -0.2) is 24.6 Å². The van der Waals surface area contributed by atoms with Gasteiger partial charge in [-0.2, -0.15) is 5.10 Å². The van der Waals surface area contributed by atoms with Crippen molar-refractivity contribution in [2.45, 2.75) is 33.6 Å². The van der Waals surface area contributed by atoms with Gasteiger partial charge in [-0.1, -0.05) is 23.7 Å². The quantitative estimate of drug-likeness (QED) is 0.513. The summed E-state index contributed by atoms with van der Waals surface area (Å²) < 4.78 is 5.49. The summed E-state index contributed by atoms with van der Waals surface area (Å²) in [5.41, 5.74) is 5.93. The van der Waals surface area contributed by atoms with E-state index in [1.807, 2.05) is 39.0 Å². The molecule has 6 nitrogen and oxygen atoms in total. The Bertz CT molecular complexity index is 881. The number of hydrogen-bond donors (Lipinski definition) is 2. The van der Waals surface area contributed by atoms with Crippen LogP contribution in [0, 0.1) is 13.8 Å². The summed E-state index contributed by atoms with van der Waals surface area (Å²) in [6.45, 7) is 6.30. The summed E-state index contributed by atoms with van der Waals surface area (Å²) in [6, 6.07) is 10.9. The number of halogens is 1. The minimum absolute atomic E-state index is 0.0297. The Labute approximate surface area is 169 Å². The predicted molar refractivity (Wildman–Crippen MR) is 112 cm³/mol. The molecular weight excluding hydrogens is 378 g/mol. The zero-order valence-electron chi connectivity index (χ0n) is 16.2. The number of nitrogens with one attached hydrogen (secondary N) is 2. The molecule has 0 atom stereocenters. The van der Waals surface area contributed by atoms with Gasteiger partial charge in [0.25, 0.3) is 0 Å². The highest BCUT2D eigenvalue weighted by molar-refractivity contribution is 6.30. The molecule has 0 spiro atoms. The van der Waals surface area contributed by atoms with E-state index in [9.17, 15) is 9.59 Å². The summed E-state index contributed by atoms with van der Waals surface area (Å²) in [5.74, 6) is 0.0476. The lowest BCUT2D eigenvalue weighted by Crippen LogP contribution is -2.21. The van der Waals surface area contributed by atoms with Gasteiger partial charge in [0.05, 0.1) is 12.8 Å². The van der Waals surface area contributed by atoms with Gasteiger partial charge >= 0.3 is 0 Å². The molecule has 0 saturated heterocycles. The number of anilines is 1. The van der Waals surface area contributed by atoms with Crippen LogP contribution in [0.4, 0.5) is 5.69 Å². The number of ether oxygens (including phenoxy) is 1. The van der Waals surface area contributed by atoms with Crippen molar-refractivity contribution in [1.29, 1.82) is 0 Å². The van der Waals surface area contributed by atoms with Crippen molar-refractivity contribution in [3.63, 3.8) is 0 Å². The molecule has 0 aliphatic carbocycles. The van der Waals surface area contributed by atoms with Gasteiger partial charge < -0.3 is 10.1 Å². The van der Waals surface area contributed by atoms with E-state index in [1.165, 1.54) is 6.21 Å². The maximum absolute atomic E-state index is 12.1. The smallest absolute Gasteiger partial charge is 0.240 e. The van der Waals surface area contributed by atoms with Crippen molar-refractivity contribution in [1.82, 2.24) is 5.43 Å². The maximum atomic E-state index is 12.1. The molecule has 2 N–H and O–H groups in total. The summed E-state index contributed by atoms with van der Waals surface area (Å²) in [6.07, 6.45) is 1.56. The molecule has 0 heterocycles. The Balaban J connectivity index is 1.84. The number of benzene rings is 2. The van der Waals surface area contributed by atoms with Gasteiger partial charge in [0.2, 0.25) is 11.8 Å². The van der Waals surface area contributed by atoms with Crippen LogP contribution >= 0.6 is 11.6 Å². The van der Waals surface area contributed by atoms with Crippen LogP contribution < -0.4 is 15.5 Å². The van der Waals surface area contributed by atoms with E-state index in [0.29, 0.717) is 22.9 Å². The second kappa shape index (κ2) is 10.5. The number of aryl methyl sites for hydroxylation is 1. The normalized spacial score (nSPS) is 10.7. The Morgan fingerprint density at radius 1 is 1.14 bits per heavy atom. The van der Waals surface area contributed by atoms with E-state index >= 15 is 0 Å². The maximum Gasteiger partial charge on any atom is 0.240 e. The fraction of sp³-hybridized carbons (Fsp3) is 0.286. The Kier molecular flexibility index (Phi) is 8.02. The number of hydrazone groups is 1. The van der Waals surface area contributed by atoms with Crippen molar-refractivity contribution in [3.05, 3.63) is 58.1 Å². The molecule has 0 unspecified atom stereocenters. The van der Waals surface area contributed by atoms with Crippen molar-refractivity contribution in [2.24, 2.45) is 5.10 Å². The van der Waals surface area contributed by atoms with E-state index in [1.54, 1.807) is 18.2 Å². The van der Waals surface area contributed by atoms with Gasteiger partial charge in [-0.15, -0.1) is 0 Å². The molecule has 0 fully saturated rings. The van der Waals surface area contributed by atoms with Crippen molar-refractivity contribution < 1.29 is 14.3 Å². The Morgan fingerprint density at radius 2 is 1.89 bits per heavy atom. The Hall–Kier alpha value is -2.86. The monoisotopic (exact) mass is 401 g/mol. The minimum atomic E-state index is -0.354. The SMILES string of the molecule is CCOc1ccc(Cl)cc1C=NNC(=O)CCC(=O)Nc1cccc(C)c1C. The summed E-state index contributed by atoms with van der Waals surface area (Å²) in [4.78, 5) is 24.0. The Morgan fingerprint density at radius 3 is 2.64 bits per heavy atom. The first-order chi connectivity index (χ1) is 13.4. The molecular formula is C21H24ClN3O3. The highest BCUT2D eigenvalue weighted by Gasteiger charge is 2.09. The van der Waals surface area contributed by atoms with Crippen LogP contribution in [0.25, 0.3) is 0 Å². The van der Waals surface area contributed by atoms with Crippen molar-refractivity contribution in [3.8, 4) is 5.75 Å². The molecule has 148 valence electrons. The van der Waals surface area contributed by atoms with Crippen LogP contribution in [0.1, 0.15) is 36.5 Å². The second-order valence-electron chi connectivity index (χ2n) is 6.20. The van der Waals surface area contributed by atoms with E-state index in [2.05, 4.69) is 15.8 Å². The molecule has 0 aliphatic heterocycles. The van der Waals surface area contributed by atoms with E-state index in [-0.39, 0.29) is 24.7 Å². The van der Waals surface area contributed by atoms with Gasteiger partial charge in [0.1, 0.15) is 5.75 Å². The average Bonchev–Trinajstić information content (AvgIpc) is 2.66. The molecule has 7 heteroatoms. The number of carbonyl (C=O) groups is 2. The van der Waals surface area contributed by atoms with Crippen LogP contribution in [0.15, 0.2) is 41.5 Å². The topological polar surface area (TPSA) is 79.8 Å². The van der Waals surface area contributed by atoms with Gasteiger partial charge in [-0.25, -0.2) is 5.43 Å². The number of amides is 2. The predicted octanol–water partition coefficient (Wildman–Crippen LogP) is 4.22. The standard InChI is InChI=1S/C21H24ClN3O3/c1-4-28-19-9-8-17(22)12-16(19)13-23-25-21(27)11-10-20(26)24-18-7-5-6-14(2)15(18)3/h5-9,12-13H,4,10-11H2,1-3H3,(H,24,26)(H,25,27). The molecule has 2 amide bonds. The molecule has 0 aliphatic rings. The highest BCUT2D eigenvalue weighted by Crippen LogP contribution is 2.21. The largest absolute Gasteiger partial charge is 0.493 e. The molecule has 2 aromatic carbocycles. The van der Waals surface area contributed by atoms with Crippen LogP contribution in [0.3, 0.4) is 0 Å². The lowest BCUT2D eigenvalue weighted by Gasteiger charge is -2.10. The number of nitrogens with zero attached hydrogens (tertiary/aromatic N) is 1. The number of hydrogen-bond acceptors (Lipinski definition) is 4. The third-order valence-electron chi connectivity index (χ3n) is 4.12. The highest BCUT2D eigenvalue weighted by atomic mass is 35.5. The molecule has 0 radical (unpaired) electrons. The third-order valence-corrected chi connectivity index (χ3v) is 4.36. The first kappa shape index (κ1) is 21.4. The molecule has 0 aromatic heterocycles. The minimum Gasteiger partial charge on any atom is -0.493 e.